The van der Waals surface area contributed by atoms with Gasteiger partial charge in [0.15, 0.2) is 5.69 Å². The maximum absolute atomic E-state index is 12.4. The highest BCUT2D eigenvalue weighted by Gasteiger charge is 2.32. The van der Waals surface area contributed by atoms with Gasteiger partial charge in [-0.3, -0.25) is 14.7 Å². The van der Waals surface area contributed by atoms with Crippen LogP contribution in [0.25, 0.3) is 0 Å². The second kappa shape index (κ2) is 7.34. The number of aromatic amines is 1. The topological polar surface area (TPSA) is 87.3 Å². The Balaban J connectivity index is 1.53. The first-order valence-electron chi connectivity index (χ1n) is 8.77. The van der Waals surface area contributed by atoms with Gasteiger partial charge in [0.2, 0.25) is 0 Å². The van der Waals surface area contributed by atoms with Gasteiger partial charge in [0.25, 0.3) is 11.8 Å². The molecule has 1 aliphatic carbocycles. The number of amides is 2. The Morgan fingerprint density at radius 1 is 1.25 bits per heavy atom. The fraction of sp³-hybridized carbons (Fsp3) is 0.706. The first-order valence-corrected chi connectivity index (χ1v) is 8.77. The molecule has 0 aromatic carbocycles. The maximum atomic E-state index is 12.4. The van der Waals surface area contributed by atoms with Crippen molar-refractivity contribution in [2.75, 3.05) is 20.6 Å². The summed E-state index contributed by atoms with van der Waals surface area (Å²) in [5.41, 5.74) is 2.69. The number of carbonyl (C=O) groups excluding carboxylic acids is 2. The zero-order valence-electron chi connectivity index (χ0n) is 14.4. The summed E-state index contributed by atoms with van der Waals surface area (Å²) in [4.78, 5) is 25.9. The molecule has 0 saturated carbocycles. The molecule has 0 spiro atoms. The van der Waals surface area contributed by atoms with Crippen LogP contribution in [0.15, 0.2) is 0 Å². The largest absolute Gasteiger partial charge is 0.363 e. The Morgan fingerprint density at radius 2 is 2.04 bits per heavy atom. The van der Waals surface area contributed by atoms with E-state index in [0.29, 0.717) is 18.7 Å². The molecule has 1 aliphatic heterocycles. The molecule has 7 nitrogen and oxygen atoms in total. The van der Waals surface area contributed by atoms with Gasteiger partial charge in [0.05, 0.1) is 6.10 Å². The van der Waals surface area contributed by atoms with Crippen LogP contribution in [0.3, 0.4) is 0 Å². The summed E-state index contributed by atoms with van der Waals surface area (Å²) in [7, 11) is 3.45. The van der Waals surface area contributed by atoms with E-state index in [-0.39, 0.29) is 24.0 Å². The van der Waals surface area contributed by atoms with E-state index >= 15 is 0 Å². The number of hydrogen-bond donors (Lipinski definition) is 2. The second-order valence-electron chi connectivity index (χ2n) is 6.86. The van der Waals surface area contributed by atoms with E-state index in [9.17, 15) is 9.59 Å². The Hall–Kier alpha value is -1.89. The van der Waals surface area contributed by atoms with Gasteiger partial charge >= 0.3 is 0 Å². The van der Waals surface area contributed by atoms with E-state index in [0.717, 1.165) is 43.4 Å². The van der Waals surface area contributed by atoms with Gasteiger partial charge < -0.3 is 15.0 Å². The molecule has 2 N–H and O–H groups in total. The first-order chi connectivity index (χ1) is 11.6. The van der Waals surface area contributed by atoms with Crippen molar-refractivity contribution in [2.45, 2.75) is 57.2 Å². The van der Waals surface area contributed by atoms with Gasteiger partial charge in [0, 0.05) is 31.9 Å². The third-order valence-corrected chi connectivity index (χ3v) is 4.84. The number of aryl methyl sites for hydroxylation is 1. The molecule has 2 aliphatic rings. The van der Waals surface area contributed by atoms with Crippen molar-refractivity contribution in [3.05, 3.63) is 17.0 Å². The molecule has 0 radical (unpaired) electrons. The second-order valence-corrected chi connectivity index (χ2v) is 6.86. The van der Waals surface area contributed by atoms with E-state index < -0.39 is 0 Å². The minimum atomic E-state index is -0.386. The summed E-state index contributed by atoms with van der Waals surface area (Å²) in [6, 6.07) is 0. The molecule has 3 rings (SSSR count). The smallest absolute Gasteiger partial charge is 0.272 e. The lowest BCUT2D eigenvalue weighted by Crippen LogP contribution is -2.36. The highest BCUT2D eigenvalue weighted by Crippen LogP contribution is 2.23. The number of aromatic nitrogens is 2. The van der Waals surface area contributed by atoms with Crippen LogP contribution in [0.5, 0.6) is 0 Å². The predicted octanol–water partition coefficient (Wildman–Crippen LogP) is 1.04. The number of carbonyl (C=O) groups is 2. The van der Waals surface area contributed by atoms with Crippen LogP contribution in [-0.4, -0.2) is 59.8 Å². The van der Waals surface area contributed by atoms with Crippen LogP contribution in [0, 0.1) is 0 Å². The van der Waals surface area contributed by atoms with Crippen LogP contribution in [0.4, 0.5) is 0 Å². The zero-order chi connectivity index (χ0) is 17.1. The number of H-pyrrole nitrogens is 1. The van der Waals surface area contributed by atoms with Crippen molar-refractivity contribution in [2.24, 2.45) is 0 Å². The lowest BCUT2D eigenvalue weighted by atomic mass is 10.1. The van der Waals surface area contributed by atoms with Crippen molar-refractivity contribution in [3.8, 4) is 0 Å². The number of ether oxygens (including phenoxy) is 1. The average Bonchev–Trinajstić information content (AvgIpc) is 3.13. The molecule has 0 bridgehead atoms. The molecule has 2 atom stereocenters. The van der Waals surface area contributed by atoms with E-state index in [4.69, 9.17) is 4.74 Å². The number of fused-ring (bicyclic) bond motifs is 1. The maximum Gasteiger partial charge on any atom is 0.272 e. The normalized spacial score (nSPS) is 23.4. The van der Waals surface area contributed by atoms with Crippen molar-refractivity contribution >= 4 is 11.8 Å². The molecular weight excluding hydrogens is 308 g/mol. The molecule has 1 saturated heterocycles. The molecule has 2 unspecified atom stereocenters. The fourth-order valence-electron chi connectivity index (χ4n) is 3.46. The Labute approximate surface area is 142 Å². The molecule has 7 heteroatoms. The summed E-state index contributed by atoms with van der Waals surface area (Å²) >= 11 is 0. The number of hydrogen-bond acceptors (Lipinski definition) is 4. The third kappa shape index (κ3) is 3.61. The Bertz CT molecular complexity index is 611. The SMILES string of the molecule is CN(C)C(=O)C1CCC(CNC(=O)c2n[nH]c3c2CCCCC3)O1. The van der Waals surface area contributed by atoms with Crippen molar-refractivity contribution in [1.29, 1.82) is 0 Å². The summed E-state index contributed by atoms with van der Waals surface area (Å²) in [6.45, 7) is 0.414. The minimum absolute atomic E-state index is 0.0125. The summed E-state index contributed by atoms with van der Waals surface area (Å²) in [6.07, 6.45) is 6.31. The number of nitrogens with one attached hydrogen (secondary N) is 2. The van der Waals surface area contributed by atoms with Gasteiger partial charge in [-0.1, -0.05) is 6.42 Å². The molecule has 1 fully saturated rings. The van der Waals surface area contributed by atoms with Crippen LogP contribution in [-0.2, 0) is 22.4 Å². The molecule has 132 valence electrons. The van der Waals surface area contributed by atoms with Crippen molar-refractivity contribution in [3.63, 3.8) is 0 Å². The molecule has 1 aromatic heterocycles. The zero-order valence-corrected chi connectivity index (χ0v) is 14.4. The standard InChI is InChI=1S/C17H26N4O3/c1-21(2)17(23)14-9-8-11(24-14)10-18-16(22)15-12-6-4-3-5-7-13(12)19-20-15/h11,14H,3-10H2,1-2H3,(H,18,22)(H,19,20). The molecule has 2 amide bonds. The summed E-state index contributed by atoms with van der Waals surface area (Å²) in [5, 5.41) is 10.1. The van der Waals surface area contributed by atoms with Gasteiger partial charge in [-0.05, 0) is 38.5 Å². The lowest BCUT2D eigenvalue weighted by Gasteiger charge is -2.17. The average molecular weight is 334 g/mol. The molecular formula is C17H26N4O3. The van der Waals surface area contributed by atoms with Crippen LogP contribution in [0.1, 0.15) is 53.8 Å². The molecule has 24 heavy (non-hydrogen) atoms. The fourth-order valence-corrected chi connectivity index (χ4v) is 3.46. The first kappa shape index (κ1) is 17.0. The van der Waals surface area contributed by atoms with E-state index in [1.165, 1.54) is 6.42 Å². The van der Waals surface area contributed by atoms with Crippen molar-refractivity contribution < 1.29 is 14.3 Å². The van der Waals surface area contributed by atoms with Crippen molar-refractivity contribution in [1.82, 2.24) is 20.4 Å². The predicted molar refractivity (Wildman–Crippen MR) is 88.8 cm³/mol. The minimum Gasteiger partial charge on any atom is -0.363 e. The molecule has 2 heterocycles. The monoisotopic (exact) mass is 334 g/mol. The van der Waals surface area contributed by atoms with Crippen LogP contribution in [0.2, 0.25) is 0 Å². The highest BCUT2D eigenvalue weighted by atomic mass is 16.5. The van der Waals surface area contributed by atoms with E-state index in [1.54, 1.807) is 19.0 Å². The third-order valence-electron chi connectivity index (χ3n) is 4.84. The van der Waals surface area contributed by atoms with Gasteiger partial charge in [0.1, 0.15) is 6.10 Å². The quantitative estimate of drug-likeness (QED) is 0.806. The summed E-state index contributed by atoms with van der Waals surface area (Å²) < 4.78 is 5.75. The van der Waals surface area contributed by atoms with E-state index in [1.807, 2.05) is 0 Å². The van der Waals surface area contributed by atoms with Gasteiger partial charge in [-0.15, -0.1) is 0 Å². The Morgan fingerprint density at radius 3 is 2.83 bits per heavy atom. The van der Waals surface area contributed by atoms with E-state index in [2.05, 4.69) is 15.5 Å². The van der Waals surface area contributed by atoms with Crippen LogP contribution < -0.4 is 5.32 Å². The number of nitrogens with zero attached hydrogens (tertiary/aromatic N) is 2. The van der Waals surface area contributed by atoms with Gasteiger partial charge in [-0.2, -0.15) is 5.10 Å². The van der Waals surface area contributed by atoms with Crippen LogP contribution >= 0.6 is 0 Å². The number of rotatable bonds is 4. The molecule has 1 aromatic rings. The Kier molecular flexibility index (Phi) is 5.18. The number of likely N-dealkylation sites (N-methyl/N-ethyl adjacent to an activating group) is 1. The lowest BCUT2D eigenvalue weighted by molar-refractivity contribution is -0.140. The van der Waals surface area contributed by atoms with Gasteiger partial charge in [-0.25, -0.2) is 0 Å². The highest BCUT2D eigenvalue weighted by molar-refractivity contribution is 5.94. The summed E-state index contributed by atoms with van der Waals surface area (Å²) in [5.74, 6) is -0.165.